The molecule has 0 saturated carbocycles. The monoisotopic (exact) mass is 289 g/mol. The molecule has 3 heteroatoms. The molecule has 1 aromatic carbocycles. The standard InChI is InChI=1S/C17H20ClNO/c1-12-9-14(17(2,3)4)5-6-15(12)20-11-13-7-8-19-16(18)10-13/h5-10H,11H2,1-4H3. The molecule has 0 aliphatic rings. The van der Waals surface area contributed by atoms with E-state index in [0.717, 1.165) is 16.9 Å². The molecular formula is C17H20ClNO. The van der Waals surface area contributed by atoms with Crippen LogP contribution in [0.2, 0.25) is 5.15 Å². The summed E-state index contributed by atoms with van der Waals surface area (Å²) in [5.74, 6) is 0.908. The van der Waals surface area contributed by atoms with Crippen LogP contribution in [0.1, 0.15) is 37.5 Å². The van der Waals surface area contributed by atoms with Gasteiger partial charge in [-0.1, -0.05) is 44.5 Å². The van der Waals surface area contributed by atoms with Gasteiger partial charge in [0.2, 0.25) is 0 Å². The van der Waals surface area contributed by atoms with Crippen molar-refractivity contribution in [3.05, 3.63) is 58.4 Å². The molecule has 0 aliphatic carbocycles. The van der Waals surface area contributed by atoms with Crippen LogP contribution in [0.4, 0.5) is 0 Å². The van der Waals surface area contributed by atoms with Crippen LogP contribution in [0.5, 0.6) is 5.75 Å². The number of pyridine rings is 1. The van der Waals surface area contributed by atoms with Crippen LogP contribution in [0, 0.1) is 6.92 Å². The van der Waals surface area contributed by atoms with E-state index in [1.54, 1.807) is 6.20 Å². The first-order valence-electron chi connectivity index (χ1n) is 6.70. The van der Waals surface area contributed by atoms with E-state index < -0.39 is 0 Å². The highest BCUT2D eigenvalue weighted by molar-refractivity contribution is 6.29. The van der Waals surface area contributed by atoms with Crippen molar-refractivity contribution in [2.24, 2.45) is 0 Å². The Morgan fingerprint density at radius 2 is 1.90 bits per heavy atom. The first-order chi connectivity index (χ1) is 9.36. The predicted molar refractivity (Wildman–Crippen MR) is 83.5 cm³/mol. The molecule has 0 amide bonds. The molecule has 2 aromatic rings. The van der Waals surface area contributed by atoms with Crippen molar-refractivity contribution in [1.29, 1.82) is 0 Å². The van der Waals surface area contributed by atoms with Gasteiger partial charge in [-0.2, -0.15) is 0 Å². The molecule has 0 spiro atoms. The molecule has 0 radical (unpaired) electrons. The van der Waals surface area contributed by atoms with Gasteiger partial charge in [-0.25, -0.2) is 4.98 Å². The van der Waals surface area contributed by atoms with E-state index in [-0.39, 0.29) is 5.41 Å². The maximum Gasteiger partial charge on any atom is 0.129 e. The molecule has 0 fully saturated rings. The van der Waals surface area contributed by atoms with Crippen LogP contribution in [0.3, 0.4) is 0 Å². The van der Waals surface area contributed by atoms with Gasteiger partial charge in [0.25, 0.3) is 0 Å². The Kier molecular flexibility index (Phi) is 4.34. The number of nitrogens with zero attached hydrogens (tertiary/aromatic N) is 1. The third-order valence-corrected chi connectivity index (χ3v) is 3.43. The van der Waals surface area contributed by atoms with E-state index in [0.29, 0.717) is 11.8 Å². The van der Waals surface area contributed by atoms with Gasteiger partial charge in [-0.3, -0.25) is 0 Å². The zero-order valence-electron chi connectivity index (χ0n) is 12.4. The highest BCUT2D eigenvalue weighted by atomic mass is 35.5. The second kappa shape index (κ2) is 5.84. The van der Waals surface area contributed by atoms with E-state index in [2.05, 4.69) is 44.8 Å². The quantitative estimate of drug-likeness (QED) is 0.748. The molecule has 1 aromatic heterocycles. The van der Waals surface area contributed by atoms with Gasteiger partial charge in [-0.15, -0.1) is 0 Å². The minimum atomic E-state index is 0.155. The van der Waals surface area contributed by atoms with Crippen molar-refractivity contribution >= 4 is 11.6 Å². The first-order valence-corrected chi connectivity index (χ1v) is 7.08. The Bertz CT molecular complexity index is 602. The summed E-state index contributed by atoms with van der Waals surface area (Å²) in [6, 6.07) is 10.1. The lowest BCUT2D eigenvalue weighted by atomic mass is 9.86. The van der Waals surface area contributed by atoms with Crippen LogP contribution >= 0.6 is 11.6 Å². The average molecular weight is 290 g/mol. The lowest BCUT2D eigenvalue weighted by molar-refractivity contribution is 0.303. The Labute approximate surface area is 125 Å². The third kappa shape index (κ3) is 3.73. The third-order valence-electron chi connectivity index (χ3n) is 3.23. The van der Waals surface area contributed by atoms with Gasteiger partial charge in [0, 0.05) is 6.20 Å². The van der Waals surface area contributed by atoms with Crippen molar-refractivity contribution in [2.45, 2.75) is 39.7 Å². The zero-order valence-corrected chi connectivity index (χ0v) is 13.2. The SMILES string of the molecule is Cc1cc(C(C)(C)C)ccc1OCc1ccnc(Cl)c1. The molecule has 0 N–H and O–H groups in total. The van der Waals surface area contributed by atoms with Gasteiger partial charge in [-0.05, 0) is 47.2 Å². The van der Waals surface area contributed by atoms with E-state index in [1.165, 1.54) is 5.56 Å². The molecule has 1 heterocycles. The van der Waals surface area contributed by atoms with E-state index in [9.17, 15) is 0 Å². The van der Waals surface area contributed by atoms with Gasteiger partial charge >= 0.3 is 0 Å². The van der Waals surface area contributed by atoms with Crippen molar-refractivity contribution in [2.75, 3.05) is 0 Å². The smallest absolute Gasteiger partial charge is 0.129 e. The normalized spacial score (nSPS) is 11.4. The van der Waals surface area contributed by atoms with Crippen molar-refractivity contribution in [3.63, 3.8) is 0 Å². The maximum atomic E-state index is 5.86. The number of halogens is 1. The number of ether oxygens (including phenoxy) is 1. The summed E-state index contributed by atoms with van der Waals surface area (Å²) in [6.07, 6.45) is 1.69. The van der Waals surface area contributed by atoms with Crippen LogP contribution in [0.25, 0.3) is 0 Å². The summed E-state index contributed by atoms with van der Waals surface area (Å²) in [6.45, 7) is 9.20. The second-order valence-electron chi connectivity index (χ2n) is 6.01. The molecule has 2 rings (SSSR count). The first kappa shape index (κ1) is 14.9. The number of benzene rings is 1. The fourth-order valence-corrected chi connectivity index (χ4v) is 2.17. The van der Waals surface area contributed by atoms with Gasteiger partial charge in [0.05, 0.1) is 0 Å². The molecule has 20 heavy (non-hydrogen) atoms. The van der Waals surface area contributed by atoms with Crippen LogP contribution in [-0.2, 0) is 12.0 Å². The molecule has 0 unspecified atom stereocenters. The molecule has 0 bridgehead atoms. The van der Waals surface area contributed by atoms with Crippen LogP contribution in [-0.4, -0.2) is 4.98 Å². The summed E-state index contributed by atoms with van der Waals surface area (Å²) in [5, 5.41) is 0.492. The van der Waals surface area contributed by atoms with Crippen molar-refractivity contribution < 1.29 is 4.74 Å². The number of hydrogen-bond donors (Lipinski definition) is 0. The Morgan fingerprint density at radius 1 is 1.15 bits per heavy atom. The highest BCUT2D eigenvalue weighted by Crippen LogP contribution is 2.28. The summed E-state index contributed by atoms with van der Waals surface area (Å²) in [5.41, 5.74) is 3.64. The summed E-state index contributed by atoms with van der Waals surface area (Å²) in [7, 11) is 0. The van der Waals surface area contributed by atoms with Gasteiger partial charge in [0.15, 0.2) is 0 Å². The van der Waals surface area contributed by atoms with Crippen LogP contribution in [0.15, 0.2) is 36.5 Å². The summed E-state index contributed by atoms with van der Waals surface area (Å²) < 4.78 is 5.86. The van der Waals surface area contributed by atoms with E-state index in [1.807, 2.05) is 18.2 Å². The molecule has 0 atom stereocenters. The fraction of sp³-hybridized carbons (Fsp3) is 0.353. The summed E-state index contributed by atoms with van der Waals surface area (Å²) >= 11 is 5.86. The molecule has 0 saturated heterocycles. The Balaban J connectivity index is 2.11. The Morgan fingerprint density at radius 3 is 2.50 bits per heavy atom. The molecular weight excluding hydrogens is 270 g/mol. The number of hydrogen-bond acceptors (Lipinski definition) is 2. The predicted octanol–water partition coefficient (Wildman–Crippen LogP) is 4.92. The maximum absolute atomic E-state index is 5.86. The largest absolute Gasteiger partial charge is 0.489 e. The lowest BCUT2D eigenvalue weighted by Crippen LogP contribution is -2.11. The average Bonchev–Trinajstić information content (AvgIpc) is 2.36. The minimum Gasteiger partial charge on any atom is -0.489 e. The Hall–Kier alpha value is -1.54. The topological polar surface area (TPSA) is 22.1 Å². The van der Waals surface area contributed by atoms with Crippen molar-refractivity contribution in [3.8, 4) is 5.75 Å². The number of aromatic nitrogens is 1. The molecule has 2 nitrogen and oxygen atoms in total. The number of rotatable bonds is 3. The minimum absolute atomic E-state index is 0.155. The zero-order chi connectivity index (χ0) is 14.8. The second-order valence-corrected chi connectivity index (χ2v) is 6.39. The van der Waals surface area contributed by atoms with Crippen molar-refractivity contribution in [1.82, 2.24) is 4.98 Å². The highest BCUT2D eigenvalue weighted by Gasteiger charge is 2.14. The van der Waals surface area contributed by atoms with Gasteiger partial charge in [0.1, 0.15) is 17.5 Å². The van der Waals surface area contributed by atoms with Gasteiger partial charge < -0.3 is 4.74 Å². The molecule has 0 aliphatic heterocycles. The van der Waals surface area contributed by atoms with E-state index >= 15 is 0 Å². The van der Waals surface area contributed by atoms with E-state index in [4.69, 9.17) is 16.3 Å². The fourth-order valence-electron chi connectivity index (χ4n) is 1.97. The molecule has 106 valence electrons. The summed E-state index contributed by atoms with van der Waals surface area (Å²) in [4.78, 5) is 3.96. The number of aryl methyl sites for hydroxylation is 1. The van der Waals surface area contributed by atoms with Crippen LogP contribution < -0.4 is 4.74 Å². The lowest BCUT2D eigenvalue weighted by Gasteiger charge is -2.20.